The van der Waals surface area contributed by atoms with Crippen molar-refractivity contribution in [1.82, 2.24) is 25.6 Å². The number of likely N-dealkylation sites (N-methyl/N-ethyl adjacent to an activating group) is 1. The highest BCUT2D eigenvalue weighted by atomic mass is 15.3. The van der Waals surface area contributed by atoms with E-state index in [0.717, 1.165) is 31.9 Å². The summed E-state index contributed by atoms with van der Waals surface area (Å²) in [5.74, 6) is 0. The lowest BCUT2D eigenvalue weighted by atomic mass is 10.3. The molecule has 5 heteroatoms. The second-order valence-electron chi connectivity index (χ2n) is 3.73. The molecule has 0 aliphatic rings. The van der Waals surface area contributed by atoms with Crippen molar-refractivity contribution in [3.8, 4) is 0 Å². The molecule has 86 valence electrons. The van der Waals surface area contributed by atoms with Crippen LogP contribution in [0.3, 0.4) is 0 Å². The molecule has 1 aromatic heterocycles. The predicted molar refractivity (Wildman–Crippen MR) is 60.5 cm³/mol. The van der Waals surface area contributed by atoms with E-state index in [2.05, 4.69) is 46.4 Å². The minimum atomic E-state index is 0.474. The van der Waals surface area contributed by atoms with E-state index in [4.69, 9.17) is 0 Å². The van der Waals surface area contributed by atoms with Crippen LogP contribution in [0.1, 0.15) is 26.5 Å². The molecule has 1 unspecified atom stereocenters. The molecule has 15 heavy (non-hydrogen) atoms. The first kappa shape index (κ1) is 12.1. The summed E-state index contributed by atoms with van der Waals surface area (Å²) >= 11 is 0. The first-order valence-corrected chi connectivity index (χ1v) is 5.56. The van der Waals surface area contributed by atoms with Gasteiger partial charge in [-0.2, -0.15) is 15.4 Å². The van der Waals surface area contributed by atoms with Crippen LogP contribution >= 0.6 is 0 Å². The topological polar surface area (TPSA) is 56.8 Å². The molecule has 0 saturated carbocycles. The molecule has 2 N–H and O–H groups in total. The largest absolute Gasteiger partial charge is 0.307 e. The van der Waals surface area contributed by atoms with Gasteiger partial charge in [-0.15, -0.1) is 0 Å². The third-order valence-electron chi connectivity index (χ3n) is 2.52. The zero-order chi connectivity index (χ0) is 11.1. The van der Waals surface area contributed by atoms with Gasteiger partial charge in [0.15, 0.2) is 0 Å². The quantitative estimate of drug-likeness (QED) is 0.694. The zero-order valence-corrected chi connectivity index (χ0v) is 9.82. The van der Waals surface area contributed by atoms with Crippen LogP contribution in [0.2, 0.25) is 0 Å². The van der Waals surface area contributed by atoms with Crippen molar-refractivity contribution in [2.24, 2.45) is 0 Å². The molecule has 0 radical (unpaired) electrons. The van der Waals surface area contributed by atoms with Crippen LogP contribution in [0.25, 0.3) is 0 Å². The highest BCUT2D eigenvalue weighted by molar-refractivity contribution is 4.89. The Morgan fingerprint density at radius 3 is 2.73 bits per heavy atom. The van der Waals surface area contributed by atoms with Crippen molar-refractivity contribution < 1.29 is 0 Å². The van der Waals surface area contributed by atoms with E-state index in [9.17, 15) is 0 Å². The minimum Gasteiger partial charge on any atom is -0.307 e. The van der Waals surface area contributed by atoms with Gasteiger partial charge in [0.25, 0.3) is 0 Å². The molecular formula is C10H21N5. The van der Waals surface area contributed by atoms with Crippen molar-refractivity contribution in [1.29, 1.82) is 0 Å². The van der Waals surface area contributed by atoms with Crippen LogP contribution in [0.4, 0.5) is 0 Å². The lowest BCUT2D eigenvalue weighted by Crippen LogP contribution is -2.38. The molecular weight excluding hydrogens is 190 g/mol. The third-order valence-corrected chi connectivity index (χ3v) is 2.52. The standard InChI is InChI=1S/C10H21N5/c1-4-15(5-2)8-9(3)11-6-10-7-12-14-13-10/h7,9,11H,4-6,8H2,1-3H3,(H,12,13,14). The average molecular weight is 211 g/mol. The van der Waals surface area contributed by atoms with Crippen molar-refractivity contribution >= 4 is 0 Å². The van der Waals surface area contributed by atoms with Crippen molar-refractivity contribution in [2.75, 3.05) is 19.6 Å². The van der Waals surface area contributed by atoms with E-state index < -0.39 is 0 Å². The normalized spacial score (nSPS) is 13.3. The van der Waals surface area contributed by atoms with Gasteiger partial charge in [0.2, 0.25) is 0 Å². The highest BCUT2D eigenvalue weighted by Crippen LogP contribution is 1.94. The van der Waals surface area contributed by atoms with Gasteiger partial charge in [0.1, 0.15) is 0 Å². The SMILES string of the molecule is CCN(CC)CC(C)NCc1cn[nH]n1. The fourth-order valence-electron chi connectivity index (χ4n) is 1.52. The monoisotopic (exact) mass is 211 g/mol. The Balaban J connectivity index is 2.21. The Morgan fingerprint density at radius 1 is 1.47 bits per heavy atom. The summed E-state index contributed by atoms with van der Waals surface area (Å²) in [7, 11) is 0. The van der Waals surface area contributed by atoms with E-state index in [1.807, 2.05) is 0 Å². The van der Waals surface area contributed by atoms with E-state index in [1.165, 1.54) is 0 Å². The van der Waals surface area contributed by atoms with Gasteiger partial charge in [-0.1, -0.05) is 13.8 Å². The van der Waals surface area contributed by atoms with Gasteiger partial charge in [-0.05, 0) is 20.0 Å². The van der Waals surface area contributed by atoms with Crippen LogP contribution in [0.5, 0.6) is 0 Å². The molecule has 0 saturated heterocycles. The number of aromatic amines is 1. The Morgan fingerprint density at radius 2 is 2.20 bits per heavy atom. The van der Waals surface area contributed by atoms with Crippen LogP contribution in [-0.2, 0) is 6.54 Å². The first-order chi connectivity index (χ1) is 7.26. The van der Waals surface area contributed by atoms with Crippen LogP contribution in [0, 0.1) is 0 Å². The number of nitrogens with zero attached hydrogens (tertiary/aromatic N) is 3. The maximum absolute atomic E-state index is 4.00. The molecule has 1 rings (SSSR count). The van der Waals surface area contributed by atoms with Crippen LogP contribution in [0.15, 0.2) is 6.20 Å². The Kier molecular flexibility index (Phi) is 5.28. The fourth-order valence-corrected chi connectivity index (χ4v) is 1.52. The average Bonchev–Trinajstić information content (AvgIpc) is 2.75. The summed E-state index contributed by atoms with van der Waals surface area (Å²) in [6.07, 6.45) is 1.75. The van der Waals surface area contributed by atoms with E-state index >= 15 is 0 Å². The summed E-state index contributed by atoms with van der Waals surface area (Å²) < 4.78 is 0. The molecule has 0 aliphatic heterocycles. The summed E-state index contributed by atoms with van der Waals surface area (Å²) in [5.41, 5.74) is 0.960. The van der Waals surface area contributed by atoms with Gasteiger partial charge < -0.3 is 10.2 Å². The van der Waals surface area contributed by atoms with Crippen molar-refractivity contribution in [3.63, 3.8) is 0 Å². The number of nitrogens with one attached hydrogen (secondary N) is 2. The number of hydrogen-bond acceptors (Lipinski definition) is 4. The van der Waals surface area contributed by atoms with E-state index in [0.29, 0.717) is 6.04 Å². The lowest BCUT2D eigenvalue weighted by molar-refractivity contribution is 0.270. The maximum atomic E-state index is 4.00. The molecule has 0 aromatic carbocycles. The number of aromatic nitrogens is 3. The molecule has 1 heterocycles. The molecule has 0 fully saturated rings. The molecule has 0 aliphatic carbocycles. The molecule has 5 nitrogen and oxygen atoms in total. The van der Waals surface area contributed by atoms with E-state index in [1.54, 1.807) is 6.20 Å². The molecule has 0 bridgehead atoms. The predicted octanol–water partition coefficient (Wildman–Crippen LogP) is 0.625. The summed E-state index contributed by atoms with van der Waals surface area (Å²) in [6.45, 7) is 10.6. The minimum absolute atomic E-state index is 0.474. The first-order valence-electron chi connectivity index (χ1n) is 5.56. The molecule has 0 amide bonds. The van der Waals surface area contributed by atoms with E-state index in [-0.39, 0.29) is 0 Å². The molecule has 0 spiro atoms. The number of hydrogen-bond donors (Lipinski definition) is 2. The second kappa shape index (κ2) is 6.53. The number of H-pyrrole nitrogens is 1. The van der Waals surface area contributed by atoms with Crippen molar-refractivity contribution in [2.45, 2.75) is 33.4 Å². The smallest absolute Gasteiger partial charge is 0.0962 e. The Bertz CT molecular complexity index is 242. The van der Waals surface area contributed by atoms with Gasteiger partial charge in [0.05, 0.1) is 11.9 Å². The third kappa shape index (κ3) is 4.40. The van der Waals surface area contributed by atoms with Gasteiger partial charge in [-0.3, -0.25) is 0 Å². The second-order valence-corrected chi connectivity index (χ2v) is 3.73. The summed E-state index contributed by atoms with van der Waals surface area (Å²) in [4.78, 5) is 2.40. The summed E-state index contributed by atoms with van der Waals surface area (Å²) in [6, 6.07) is 0.474. The van der Waals surface area contributed by atoms with Crippen LogP contribution < -0.4 is 5.32 Å². The lowest BCUT2D eigenvalue weighted by Gasteiger charge is -2.23. The van der Waals surface area contributed by atoms with Crippen molar-refractivity contribution in [3.05, 3.63) is 11.9 Å². The fraction of sp³-hybridized carbons (Fsp3) is 0.800. The summed E-state index contributed by atoms with van der Waals surface area (Å²) in [5, 5.41) is 13.8. The van der Waals surface area contributed by atoms with Gasteiger partial charge in [0, 0.05) is 19.1 Å². The zero-order valence-electron chi connectivity index (χ0n) is 9.82. The van der Waals surface area contributed by atoms with Crippen LogP contribution in [-0.4, -0.2) is 46.0 Å². The van der Waals surface area contributed by atoms with Gasteiger partial charge in [-0.25, -0.2) is 0 Å². The number of rotatable bonds is 7. The van der Waals surface area contributed by atoms with Gasteiger partial charge >= 0.3 is 0 Å². The molecule has 1 aromatic rings. The Hall–Kier alpha value is -0.940. The molecule has 1 atom stereocenters. The highest BCUT2D eigenvalue weighted by Gasteiger charge is 2.06. The Labute approximate surface area is 91.2 Å². The maximum Gasteiger partial charge on any atom is 0.0962 e.